The van der Waals surface area contributed by atoms with E-state index in [0.717, 1.165) is 0 Å². The van der Waals surface area contributed by atoms with Crippen molar-refractivity contribution in [1.29, 1.82) is 0 Å². The molecule has 1 atom stereocenters. The molecule has 1 aromatic heterocycles. The fourth-order valence-corrected chi connectivity index (χ4v) is 1.45. The first-order valence-electron chi connectivity index (χ1n) is 6.45. The average Bonchev–Trinajstić information content (AvgIpc) is 2.44. The monoisotopic (exact) mass is 279 g/mol. The second-order valence-corrected chi connectivity index (χ2v) is 4.91. The molecule has 1 unspecified atom stereocenters. The minimum atomic E-state index is -0.608. The molecule has 0 aliphatic carbocycles. The lowest BCUT2D eigenvalue weighted by Gasteiger charge is -2.15. The topological polar surface area (TPSA) is 109 Å². The van der Waals surface area contributed by atoms with Crippen molar-refractivity contribution in [3.05, 3.63) is 23.9 Å². The number of pyridine rings is 1. The van der Waals surface area contributed by atoms with Crippen LogP contribution in [0.4, 0.5) is 5.82 Å². The van der Waals surface area contributed by atoms with Crippen molar-refractivity contribution in [2.24, 2.45) is 11.8 Å². The summed E-state index contributed by atoms with van der Waals surface area (Å²) in [6.07, 6.45) is 1.47. The van der Waals surface area contributed by atoms with Gasteiger partial charge in [0, 0.05) is 18.3 Å². The number of amides is 2. The number of nitrogens with one attached hydrogen (secondary N) is 3. The first kappa shape index (κ1) is 15.9. The predicted octanol–water partition coefficient (Wildman–Crippen LogP) is 0.258. The number of hydrogen-bond acceptors (Lipinski definition) is 5. The van der Waals surface area contributed by atoms with Crippen LogP contribution in [0.3, 0.4) is 0 Å². The van der Waals surface area contributed by atoms with Crippen molar-refractivity contribution in [1.82, 2.24) is 15.6 Å². The van der Waals surface area contributed by atoms with Crippen LogP contribution in [-0.4, -0.2) is 29.4 Å². The van der Waals surface area contributed by atoms with Crippen molar-refractivity contribution >= 4 is 17.6 Å². The summed E-state index contributed by atoms with van der Waals surface area (Å²) in [5.74, 6) is 5.41. The molecule has 0 aliphatic rings. The number of nitrogen functional groups attached to an aromatic ring is 1. The second-order valence-electron chi connectivity index (χ2n) is 4.91. The van der Waals surface area contributed by atoms with E-state index in [1.165, 1.54) is 12.3 Å². The largest absolute Gasteiger partial charge is 0.354 e. The summed E-state index contributed by atoms with van der Waals surface area (Å²) in [4.78, 5) is 27.7. The molecule has 0 spiro atoms. The fourth-order valence-electron chi connectivity index (χ4n) is 1.45. The van der Waals surface area contributed by atoms with Crippen LogP contribution in [0.5, 0.6) is 0 Å². The summed E-state index contributed by atoms with van der Waals surface area (Å²) >= 11 is 0. The van der Waals surface area contributed by atoms with E-state index in [-0.39, 0.29) is 11.8 Å². The number of carbonyl (C=O) groups is 2. The molecule has 110 valence electrons. The van der Waals surface area contributed by atoms with Gasteiger partial charge in [-0.25, -0.2) is 10.8 Å². The Labute approximate surface area is 118 Å². The average molecular weight is 279 g/mol. The molecule has 0 saturated heterocycles. The molecule has 0 bridgehead atoms. The van der Waals surface area contributed by atoms with E-state index in [0.29, 0.717) is 23.8 Å². The maximum Gasteiger partial charge on any atom is 0.252 e. The molecule has 7 nitrogen and oxygen atoms in total. The van der Waals surface area contributed by atoms with Gasteiger partial charge in [-0.2, -0.15) is 0 Å². The number of aromatic nitrogens is 1. The van der Waals surface area contributed by atoms with Crippen molar-refractivity contribution in [3.8, 4) is 0 Å². The lowest BCUT2D eigenvalue weighted by Crippen LogP contribution is -2.45. The molecular formula is C13H21N5O2. The molecule has 0 aromatic carbocycles. The van der Waals surface area contributed by atoms with Crippen molar-refractivity contribution in [2.45, 2.75) is 26.8 Å². The second kappa shape index (κ2) is 7.44. The normalized spacial score (nSPS) is 11.8. The quantitative estimate of drug-likeness (QED) is 0.441. The highest BCUT2D eigenvalue weighted by Crippen LogP contribution is 2.05. The molecule has 2 amide bonds. The summed E-state index contributed by atoms with van der Waals surface area (Å²) in [6.45, 7) is 6.22. The van der Waals surface area contributed by atoms with Crippen LogP contribution in [0.2, 0.25) is 0 Å². The highest BCUT2D eigenvalue weighted by molar-refractivity contribution is 5.97. The molecule has 7 heteroatoms. The van der Waals surface area contributed by atoms with Gasteiger partial charge in [0.1, 0.15) is 11.9 Å². The van der Waals surface area contributed by atoms with Gasteiger partial charge in [0.05, 0.1) is 0 Å². The minimum Gasteiger partial charge on any atom is -0.354 e. The Balaban J connectivity index is 2.58. The maximum absolute atomic E-state index is 12.0. The molecule has 0 fully saturated rings. The van der Waals surface area contributed by atoms with Gasteiger partial charge in [-0.05, 0) is 25.0 Å². The van der Waals surface area contributed by atoms with Gasteiger partial charge in [-0.15, -0.1) is 0 Å². The van der Waals surface area contributed by atoms with E-state index in [1.54, 1.807) is 13.0 Å². The summed E-state index contributed by atoms with van der Waals surface area (Å²) in [5, 5.41) is 5.39. The fraction of sp³-hybridized carbons (Fsp3) is 0.462. The summed E-state index contributed by atoms with van der Waals surface area (Å²) in [6, 6.07) is 2.45. The lowest BCUT2D eigenvalue weighted by molar-refractivity contribution is -0.122. The summed E-state index contributed by atoms with van der Waals surface area (Å²) in [5.41, 5.74) is 2.75. The van der Waals surface area contributed by atoms with Crippen LogP contribution in [0.15, 0.2) is 18.3 Å². The van der Waals surface area contributed by atoms with Crippen LogP contribution in [-0.2, 0) is 4.79 Å². The molecule has 0 saturated carbocycles. The zero-order valence-corrected chi connectivity index (χ0v) is 11.9. The molecule has 1 rings (SSSR count). The van der Waals surface area contributed by atoms with Gasteiger partial charge in [0.15, 0.2) is 0 Å². The van der Waals surface area contributed by atoms with Crippen LogP contribution in [0, 0.1) is 5.92 Å². The van der Waals surface area contributed by atoms with Crippen LogP contribution in [0.1, 0.15) is 31.1 Å². The van der Waals surface area contributed by atoms with Crippen LogP contribution in [0.25, 0.3) is 0 Å². The smallest absolute Gasteiger partial charge is 0.252 e. The van der Waals surface area contributed by atoms with E-state index in [9.17, 15) is 9.59 Å². The first-order valence-corrected chi connectivity index (χ1v) is 6.45. The van der Waals surface area contributed by atoms with Gasteiger partial charge in [-0.3, -0.25) is 9.59 Å². The first-order chi connectivity index (χ1) is 9.43. The Morgan fingerprint density at radius 1 is 1.35 bits per heavy atom. The van der Waals surface area contributed by atoms with Crippen LogP contribution >= 0.6 is 0 Å². The number of carbonyl (C=O) groups excluding carboxylic acids is 2. The number of hydrogen-bond donors (Lipinski definition) is 4. The molecule has 0 radical (unpaired) electrons. The van der Waals surface area contributed by atoms with Gasteiger partial charge in [0.2, 0.25) is 5.91 Å². The maximum atomic E-state index is 12.0. The Kier molecular flexibility index (Phi) is 5.92. The molecule has 20 heavy (non-hydrogen) atoms. The molecule has 1 aromatic rings. The number of rotatable bonds is 6. The van der Waals surface area contributed by atoms with Crippen molar-refractivity contribution in [2.75, 3.05) is 12.0 Å². The predicted molar refractivity (Wildman–Crippen MR) is 76.8 cm³/mol. The third-order valence-electron chi connectivity index (χ3n) is 2.60. The highest BCUT2D eigenvalue weighted by Gasteiger charge is 2.16. The zero-order chi connectivity index (χ0) is 15.1. The van der Waals surface area contributed by atoms with Gasteiger partial charge in [-0.1, -0.05) is 13.8 Å². The summed E-state index contributed by atoms with van der Waals surface area (Å²) < 4.78 is 0. The standard InChI is InChI=1S/C13H21N5O2/c1-8(2)7-16-12(19)9(3)17-13(20)10-4-5-15-11(6-10)18-14/h4-6,8-9H,7,14H2,1-3H3,(H,15,18)(H,16,19)(H,17,20). The lowest BCUT2D eigenvalue weighted by atomic mass is 10.2. The van der Waals surface area contributed by atoms with Gasteiger partial charge >= 0.3 is 0 Å². The highest BCUT2D eigenvalue weighted by atomic mass is 16.2. The summed E-state index contributed by atoms with van der Waals surface area (Å²) in [7, 11) is 0. The van der Waals surface area contributed by atoms with Crippen molar-refractivity contribution < 1.29 is 9.59 Å². The number of nitrogens with two attached hydrogens (primary N) is 1. The Morgan fingerprint density at radius 3 is 2.65 bits per heavy atom. The number of hydrazine groups is 1. The Bertz CT molecular complexity index is 476. The zero-order valence-electron chi connectivity index (χ0n) is 11.9. The van der Waals surface area contributed by atoms with E-state index in [2.05, 4.69) is 21.0 Å². The van der Waals surface area contributed by atoms with E-state index in [4.69, 9.17) is 5.84 Å². The third-order valence-corrected chi connectivity index (χ3v) is 2.60. The molecule has 1 heterocycles. The van der Waals surface area contributed by atoms with E-state index < -0.39 is 6.04 Å². The molecule has 5 N–H and O–H groups in total. The van der Waals surface area contributed by atoms with E-state index >= 15 is 0 Å². The van der Waals surface area contributed by atoms with E-state index in [1.807, 2.05) is 13.8 Å². The third kappa shape index (κ3) is 4.85. The number of anilines is 1. The van der Waals surface area contributed by atoms with Gasteiger partial charge in [0.25, 0.3) is 5.91 Å². The Hall–Kier alpha value is -2.15. The SMILES string of the molecule is CC(C)CNC(=O)C(C)NC(=O)c1ccnc(NN)c1. The van der Waals surface area contributed by atoms with Crippen LogP contribution < -0.4 is 21.9 Å². The minimum absolute atomic E-state index is 0.210. The van der Waals surface area contributed by atoms with Crippen molar-refractivity contribution in [3.63, 3.8) is 0 Å². The molecule has 0 aliphatic heterocycles. The number of nitrogens with zero attached hydrogens (tertiary/aromatic N) is 1. The Morgan fingerprint density at radius 2 is 2.05 bits per heavy atom. The molecular weight excluding hydrogens is 258 g/mol. The van der Waals surface area contributed by atoms with Gasteiger partial charge < -0.3 is 16.1 Å².